The average molecular weight is 562 g/mol. The van der Waals surface area contributed by atoms with Crippen molar-refractivity contribution in [1.29, 1.82) is 0 Å². The van der Waals surface area contributed by atoms with Crippen LogP contribution >= 0.6 is 8.20 Å². The van der Waals surface area contributed by atoms with E-state index in [1.54, 1.807) is 19.2 Å². The molecule has 0 N–H and O–H groups in total. The zero-order chi connectivity index (χ0) is 28.9. The summed E-state index contributed by atoms with van der Waals surface area (Å²) < 4.78 is 35.1. The number of methoxy groups -OCH3 is 3. The molecule has 0 atom stereocenters. The normalized spacial score (nSPS) is 11.8. The van der Waals surface area contributed by atoms with E-state index in [1.165, 1.54) is 14.2 Å². The summed E-state index contributed by atoms with van der Waals surface area (Å²) in [6.07, 6.45) is 2.70. The Kier molecular flexibility index (Phi) is 13.8. The Morgan fingerprint density at radius 1 is 0.615 bits per heavy atom. The Labute approximate surface area is 236 Å². The molecule has 0 heterocycles. The van der Waals surface area contributed by atoms with Crippen LogP contribution in [0, 0.1) is 17.8 Å². The monoisotopic (exact) mass is 561 g/mol. The van der Waals surface area contributed by atoms with E-state index in [0.29, 0.717) is 91.1 Å². The third-order valence-electron chi connectivity index (χ3n) is 6.03. The van der Waals surface area contributed by atoms with E-state index >= 15 is 0 Å². The number of benzene rings is 2. The lowest BCUT2D eigenvalue weighted by atomic mass is 10.1. The Morgan fingerprint density at radius 3 is 1.41 bits per heavy atom. The van der Waals surface area contributed by atoms with E-state index in [4.69, 9.17) is 28.4 Å². The molecule has 7 nitrogen and oxygen atoms in total. The van der Waals surface area contributed by atoms with Crippen LogP contribution in [0.2, 0.25) is 0 Å². The van der Waals surface area contributed by atoms with Gasteiger partial charge >= 0.3 is 0 Å². The van der Waals surface area contributed by atoms with E-state index in [9.17, 15) is 5.11 Å². The van der Waals surface area contributed by atoms with E-state index in [2.05, 4.69) is 41.5 Å². The van der Waals surface area contributed by atoms with Crippen molar-refractivity contribution in [3.63, 3.8) is 0 Å². The van der Waals surface area contributed by atoms with Crippen LogP contribution < -0.4 is 38.8 Å². The third-order valence-corrected chi connectivity index (χ3v) is 7.12. The number of ether oxygens (including phenoxy) is 6. The van der Waals surface area contributed by atoms with E-state index < -0.39 is 0 Å². The predicted octanol–water partition coefficient (Wildman–Crippen LogP) is 6.10. The number of hydrogen-bond acceptors (Lipinski definition) is 7. The molecular weight excluding hydrogens is 515 g/mol. The quantitative estimate of drug-likeness (QED) is 0.216. The minimum absolute atomic E-state index is 0.206. The molecule has 0 aromatic heterocycles. The molecule has 0 aliphatic rings. The van der Waals surface area contributed by atoms with Gasteiger partial charge in [-0.25, -0.2) is 0 Å². The molecule has 0 unspecified atom stereocenters. The van der Waals surface area contributed by atoms with Crippen molar-refractivity contribution in [1.82, 2.24) is 0 Å². The first-order chi connectivity index (χ1) is 18.6. The highest BCUT2D eigenvalue weighted by atomic mass is 31.1. The van der Waals surface area contributed by atoms with Crippen LogP contribution in [0.1, 0.15) is 66.4 Å². The largest absolute Gasteiger partial charge is 0.823 e. The van der Waals surface area contributed by atoms with Gasteiger partial charge < -0.3 is 33.5 Å². The fourth-order valence-corrected chi connectivity index (χ4v) is 4.58. The number of rotatable bonds is 17. The topological polar surface area (TPSA) is 78.4 Å². The van der Waals surface area contributed by atoms with Gasteiger partial charge in [0.15, 0.2) is 0 Å². The van der Waals surface area contributed by atoms with Crippen molar-refractivity contribution in [2.24, 2.45) is 17.8 Å². The standard InChI is InChI=1S/C31H47O7P/c1-20(2)10-13-36-24-18-27(37-14-11-21(3)4)30(28(19-24)38-15-12-22(5)6)39-31(32)29-25(34-8)16-23(33-7)17-26(29)35-9/h16-22,32H,10-15H2,1-9H3/p-1. The first kappa shape index (κ1) is 32.6. The lowest BCUT2D eigenvalue weighted by Crippen LogP contribution is -2.21. The molecule has 0 saturated carbocycles. The van der Waals surface area contributed by atoms with Crippen molar-refractivity contribution in [3.8, 4) is 34.5 Å². The molecule has 0 amide bonds. The second-order valence-electron chi connectivity index (χ2n) is 10.7. The minimum atomic E-state index is -0.206. The average Bonchev–Trinajstić information content (AvgIpc) is 2.88. The fourth-order valence-electron chi connectivity index (χ4n) is 3.57. The van der Waals surface area contributed by atoms with Gasteiger partial charge in [-0.05, 0) is 37.0 Å². The van der Waals surface area contributed by atoms with Gasteiger partial charge in [-0.2, -0.15) is 0 Å². The molecule has 0 spiro atoms. The summed E-state index contributed by atoms with van der Waals surface area (Å²) in [5, 5.41) is 14.5. The van der Waals surface area contributed by atoms with E-state index in [1.807, 2.05) is 12.1 Å². The van der Waals surface area contributed by atoms with E-state index in [0.717, 1.165) is 19.3 Å². The van der Waals surface area contributed by atoms with Gasteiger partial charge in [0.1, 0.15) is 34.5 Å². The molecule has 0 saturated heterocycles. The molecule has 0 aliphatic carbocycles. The molecule has 2 aromatic rings. The molecule has 0 aliphatic heterocycles. The zero-order valence-corrected chi connectivity index (χ0v) is 26.0. The maximum Gasteiger partial charge on any atom is 0.138 e. The molecule has 2 aromatic carbocycles. The molecule has 2 rings (SSSR count). The van der Waals surface area contributed by atoms with Crippen LogP contribution in [0.25, 0.3) is 0 Å². The second-order valence-corrected chi connectivity index (χ2v) is 11.8. The van der Waals surface area contributed by atoms with Crippen LogP contribution in [0.4, 0.5) is 0 Å². The molecule has 0 bridgehead atoms. The Bertz CT molecular complexity index is 1000. The Morgan fingerprint density at radius 2 is 1.03 bits per heavy atom. The summed E-state index contributed by atoms with van der Waals surface area (Å²) in [6.45, 7) is 14.6. The smallest absolute Gasteiger partial charge is 0.138 e. The van der Waals surface area contributed by atoms with E-state index in [-0.39, 0.29) is 5.48 Å². The highest BCUT2D eigenvalue weighted by molar-refractivity contribution is 7.49. The van der Waals surface area contributed by atoms with Gasteiger partial charge in [-0.15, -0.1) is 0 Å². The van der Waals surface area contributed by atoms with Gasteiger partial charge in [0.05, 0.1) is 52.0 Å². The second kappa shape index (κ2) is 16.5. The molecule has 0 radical (unpaired) electrons. The Hall–Kier alpha value is -2.63. The summed E-state index contributed by atoms with van der Waals surface area (Å²) in [7, 11) is 4.97. The van der Waals surface area contributed by atoms with Gasteiger partial charge in [0.25, 0.3) is 0 Å². The summed E-state index contributed by atoms with van der Waals surface area (Å²) in [5.41, 5.74) is 0.128. The van der Waals surface area contributed by atoms with Crippen LogP contribution in [0.5, 0.6) is 34.5 Å². The molecular formula is C31H46O7P-. The van der Waals surface area contributed by atoms with Crippen molar-refractivity contribution in [2.45, 2.75) is 60.8 Å². The van der Waals surface area contributed by atoms with Gasteiger partial charge in [0, 0.05) is 24.3 Å². The van der Waals surface area contributed by atoms with Gasteiger partial charge in [-0.1, -0.05) is 55.2 Å². The predicted molar refractivity (Wildman–Crippen MR) is 158 cm³/mol. The van der Waals surface area contributed by atoms with Crippen molar-refractivity contribution in [2.75, 3.05) is 41.2 Å². The first-order valence-corrected chi connectivity index (χ1v) is 14.6. The third kappa shape index (κ3) is 10.5. The summed E-state index contributed by atoms with van der Waals surface area (Å²) in [5.74, 6) is 4.61. The maximum absolute atomic E-state index is 13.8. The first-order valence-electron chi connectivity index (χ1n) is 13.7. The van der Waals surface area contributed by atoms with Crippen LogP contribution in [0.3, 0.4) is 0 Å². The molecule has 8 heteroatoms. The van der Waals surface area contributed by atoms with Crippen molar-refractivity contribution in [3.05, 3.63) is 29.8 Å². The minimum Gasteiger partial charge on any atom is -0.823 e. The highest BCUT2D eigenvalue weighted by Gasteiger charge is 2.18. The molecule has 0 fully saturated rings. The van der Waals surface area contributed by atoms with Crippen LogP contribution in [-0.4, -0.2) is 46.6 Å². The van der Waals surface area contributed by atoms with Crippen molar-refractivity contribution < 1.29 is 33.5 Å². The fraction of sp³-hybridized carbons (Fsp3) is 0.581. The maximum atomic E-state index is 13.8. The van der Waals surface area contributed by atoms with Crippen LogP contribution in [-0.2, 0) is 0 Å². The van der Waals surface area contributed by atoms with Crippen molar-refractivity contribution >= 4 is 19.0 Å². The van der Waals surface area contributed by atoms with Crippen LogP contribution in [0.15, 0.2) is 24.3 Å². The molecule has 39 heavy (non-hydrogen) atoms. The highest BCUT2D eigenvalue weighted by Crippen LogP contribution is 2.37. The van der Waals surface area contributed by atoms with Gasteiger partial charge in [0.2, 0.25) is 0 Å². The lowest BCUT2D eigenvalue weighted by Gasteiger charge is -2.22. The SMILES string of the molecule is COc1cc(OC)c(C([O-])=Pc2c(OCCC(C)C)cc(OCCC(C)C)cc2OCCC(C)C)c(OC)c1. The lowest BCUT2D eigenvalue weighted by molar-refractivity contribution is -0.207. The number of hydrogen-bond donors (Lipinski definition) is 0. The Balaban J connectivity index is 2.65. The molecule has 218 valence electrons. The summed E-state index contributed by atoms with van der Waals surface area (Å²) in [4.78, 5) is 0. The zero-order valence-electron chi connectivity index (χ0n) is 25.1. The summed E-state index contributed by atoms with van der Waals surface area (Å²) in [6, 6.07) is 7.09. The van der Waals surface area contributed by atoms with Gasteiger partial charge in [-0.3, -0.25) is 0 Å². The summed E-state index contributed by atoms with van der Waals surface area (Å²) >= 11 is 0.